The molecule has 3 nitrogen and oxygen atoms in total. The van der Waals surface area contributed by atoms with Gasteiger partial charge in [-0.1, -0.05) is 0 Å². The van der Waals surface area contributed by atoms with Crippen LogP contribution in [0.15, 0.2) is 0 Å². The molecule has 18 heavy (non-hydrogen) atoms. The molecule has 0 heterocycles. The number of rotatable bonds is 2. The van der Waals surface area contributed by atoms with Crippen LogP contribution in [0.4, 0.5) is 0 Å². The van der Waals surface area contributed by atoms with Crippen LogP contribution in [0.3, 0.4) is 0 Å². The molecule has 0 saturated carbocycles. The molecule has 0 fully saturated rings. The van der Waals surface area contributed by atoms with Crippen molar-refractivity contribution in [2.24, 2.45) is 0 Å². The standard InChI is InChI=1S/C13H31O3PS/c1-11(2,3)17(12(4,5)6,13(7,8)9)10-18(14,15)16/h17H,10H2,1-9H3,(H,14,15,16). The maximum absolute atomic E-state index is 11.6. The maximum atomic E-state index is 11.6. The summed E-state index contributed by atoms with van der Waals surface area (Å²) in [6, 6.07) is 0. The van der Waals surface area contributed by atoms with Crippen molar-refractivity contribution in [3.8, 4) is 0 Å². The van der Waals surface area contributed by atoms with Crippen LogP contribution in [-0.4, -0.2) is 33.9 Å². The topological polar surface area (TPSA) is 54.4 Å². The van der Waals surface area contributed by atoms with E-state index in [0.717, 1.165) is 0 Å². The van der Waals surface area contributed by atoms with E-state index in [2.05, 4.69) is 62.3 Å². The molecule has 0 aliphatic carbocycles. The second-order valence-corrected chi connectivity index (χ2v) is 17.0. The van der Waals surface area contributed by atoms with Crippen molar-refractivity contribution in [3.05, 3.63) is 0 Å². The monoisotopic (exact) mass is 298 g/mol. The molecule has 0 aromatic rings. The van der Waals surface area contributed by atoms with E-state index in [1.165, 1.54) is 0 Å². The third kappa shape index (κ3) is 3.46. The van der Waals surface area contributed by atoms with Crippen molar-refractivity contribution in [1.82, 2.24) is 0 Å². The normalized spacial score (nSPS) is 16.8. The Labute approximate surface area is 114 Å². The second-order valence-electron chi connectivity index (χ2n) is 8.38. The summed E-state index contributed by atoms with van der Waals surface area (Å²) in [5, 5.41) is -0.335. The predicted octanol–water partition coefficient (Wildman–Crippen LogP) is 3.98. The van der Waals surface area contributed by atoms with Crippen LogP contribution in [0.25, 0.3) is 0 Å². The van der Waals surface area contributed by atoms with Gasteiger partial charge >= 0.3 is 114 Å². The van der Waals surface area contributed by atoms with E-state index in [-0.39, 0.29) is 21.0 Å². The van der Waals surface area contributed by atoms with Crippen molar-refractivity contribution in [2.45, 2.75) is 77.8 Å². The van der Waals surface area contributed by atoms with Gasteiger partial charge in [-0.2, -0.15) is 0 Å². The molecule has 0 rings (SSSR count). The van der Waals surface area contributed by atoms with Crippen LogP contribution >= 0.6 is 7.26 Å². The van der Waals surface area contributed by atoms with Crippen molar-refractivity contribution in [2.75, 3.05) is 5.49 Å². The molecule has 0 spiro atoms. The summed E-state index contributed by atoms with van der Waals surface area (Å²) in [6.45, 7) is 19.0. The van der Waals surface area contributed by atoms with Gasteiger partial charge in [0.05, 0.1) is 0 Å². The van der Waals surface area contributed by atoms with Gasteiger partial charge in [-0.25, -0.2) is 0 Å². The first-order chi connectivity index (χ1) is 7.46. The number of hydrogen-bond acceptors (Lipinski definition) is 2. The Morgan fingerprint density at radius 1 is 0.778 bits per heavy atom. The summed E-state index contributed by atoms with van der Waals surface area (Å²) in [5.74, 6) is 0. The molecule has 0 aromatic carbocycles. The van der Waals surface area contributed by atoms with Gasteiger partial charge < -0.3 is 0 Å². The van der Waals surface area contributed by atoms with E-state index in [1.54, 1.807) is 0 Å². The number of hydrogen-bond donors (Lipinski definition) is 1. The fourth-order valence-corrected chi connectivity index (χ4v) is 18.4. The second kappa shape index (κ2) is 4.71. The molecule has 0 bridgehead atoms. The molecular weight excluding hydrogens is 267 g/mol. The Hall–Kier alpha value is 0.340. The van der Waals surface area contributed by atoms with Gasteiger partial charge in [0.1, 0.15) is 0 Å². The quantitative estimate of drug-likeness (QED) is 0.620. The van der Waals surface area contributed by atoms with Crippen LogP contribution in [-0.2, 0) is 10.1 Å². The van der Waals surface area contributed by atoms with Crippen molar-refractivity contribution >= 4 is 17.4 Å². The summed E-state index contributed by atoms with van der Waals surface area (Å²) in [5.41, 5.74) is -0.0729. The van der Waals surface area contributed by atoms with E-state index in [4.69, 9.17) is 0 Å². The van der Waals surface area contributed by atoms with Crippen molar-refractivity contribution < 1.29 is 13.0 Å². The summed E-state index contributed by atoms with van der Waals surface area (Å²) in [4.78, 5) is 0. The van der Waals surface area contributed by atoms with Crippen LogP contribution in [0.2, 0.25) is 0 Å². The van der Waals surface area contributed by atoms with Crippen LogP contribution in [0.5, 0.6) is 0 Å². The zero-order chi connectivity index (χ0) is 15.2. The molecule has 0 unspecified atom stereocenters. The van der Waals surface area contributed by atoms with Crippen molar-refractivity contribution in [3.63, 3.8) is 0 Å². The Bertz CT molecular complexity index is 355. The minimum absolute atomic E-state index is 0.0729. The van der Waals surface area contributed by atoms with E-state index in [0.29, 0.717) is 0 Å². The van der Waals surface area contributed by atoms with Gasteiger partial charge in [0.15, 0.2) is 0 Å². The Kier molecular flexibility index (Phi) is 4.80. The fraction of sp³-hybridized carbons (Fsp3) is 1.00. The first-order valence-corrected chi connectivity index (χ1v) is 10.2. The van der Waals surface area contributed by atoms with E-state index < -0.39 is 17.4 Å². The summed E-state index contributed by atoms with van der Waals surface area (Å²) in [6.07, 6.45) is 0. The SMILES string of the molecule is CC(C)(C)[PH](CS(=O)(=O)O)(C(C)(C)C)C(C)(C)C. The molecule has 112 valence electrons. The van der Waals surface area contributed by atoms with Gasteiger partial charge in [-0.15, -0.1) is 0 Å². The molecule has 0 amide bonds. The third-order valence-electron chi connectivity index (χ3n) is 4.24. The van der Waals surface area contributed by atoms with Crippen LogP contribution < -0.4 is 0 Å². The zero-order valence-corrected chi connectivity index (χ0v) is 15.2. The van der Waals surface area contributed by atoms with Gasteiger partial charge in [0, 0.05) is 0 Å². The van der Waals surface area contributed by atoms with E-state index >= 15 is 0 Å². The zero-order valence-electron chi connectivity index (χ0n) is 13.4. The first-order valence-electron chi connectivity index (χ1n) is 6.41. The molecule has 0 aliphatic rings. The molecule has 0 aliphatic heterocycles. The molecule has 0 aromatic heterocycles. The van der Waals surface area contributed by atoms with Gasteiger partial charge in [0.2, 0.25) is 0 Å². The molecule has 0 atom stereocenters. The molecular formula is C13H31O3PS. The summed E-state index contributed by atoms with van der Waals surface area (Å²) < 4.78 is 32.6. The molecule has 0 saturated heterocycles. The van der Waals surface area contributed by atoms with Gasteiger partial charge in [-0.05, 0) is 0 Å². The average Bonchev–Trinajstić information content (AvgIpc) is 1.90. The predicted molar refractivity (Wildman–Crippen MR) is 84.0 cm³/mol. The van der Waals surface area contributed by atoms with Crippen molar-refractivity contribution in [1.29, 1.82) is 0 Å². The Morgan fingerprint density at radius 3 is 1.06 bits per heavy atom. The Balaban J connectivity index is 6.27. The van der Waals surface area contributed by atoms with Crippen LogP contribution in [0, 0.1) is 0 Å². The third-order valence-corrected chi connectivity index (χ3v) is 15.1. The fourth-order valence-electron chi connectivity index (χ4n) is 4.30. The molecule has 5 heteroatoms. The van der Waals surface area contributed by atoms with Crippen LogP contribution in [0.1, 0.15) is 62.3 Å². The molecule has 1 N–H and O–H groups in total. The molecule has 0 radical (unpaired) electrons. The average molecular weight is 298 g/mol. The minimum atomic E-state index is -3.97. The summed E-state index contributed by atoms with van der Waals surface area (Å²) in [7, 11) is -6.34. The first kappa shape index (κ1) is 18.3. The van der Waals surface area contributed by atoms with E-state index in [1.807, 2.05) is 0 Å². The Morgan fingerprint density at radius 2 is 1.00 bits per heavy atom. The van der Waals surface area contributed by atoms with E-state index in [9.17, 15) is 13.0 Å². The van der Waals surface area contributed by atoms with Gasteiger partial charge in [-0.3, -0.25) is 0 Å². The summed E-state index contributed by atoms with van der Waals surface area (Å²) >= 11 is 0. The van der Waals surface area contributed by atoms with Gasteiger partial charge in [0.25, 0.3) is 0 Å².